The molecule has 122 valence electrons. The van der Waals surface area contributed by atoms with Gasteiger partial charge >= 0.3 is 0 Å². The molecule has 0 heterocycles. The number of hydrogen-bond acceptors (Lipinski definition) is 3. The van der Waals surface area contributed by atoms with Crippen molar-refractivity contribution >= 4 is 5.91 Å². The van der Waals surface area contributed by atoms with E-state index in [0.717, 1.165) is 36.3 Å². The van der Waals surface area contributed by atoms with Gasteiger partial charge in [-0.1, -0.05) is 37.6 Å². The van der Waals surface area contributed by atoms with E-state index in [0.29, 0.717) is 5.56 Å². The molecule has 4 heteroatoms. The molecule has 0 aromatic heterocycles. The van der Waals surface area contributed by atoms with Crippen molar-refractivity contribution in [2.75, 3.05) is 19.8 Å². The SMILES string of the molecule is CCCCOc1ccc(-c2ccc(C(=O)NCCO)cc2)cc1. The Kier molecular flexibility index (Phi) is 6.63. The lowest BCUT2D eigenvalue weighted by molar-refractivity contribution is 0.0945. The first-order valence-corrected chi connectivity index (χ1v) is 7.97. The van der Waals surface area contributed by atoms with Crippen LogP contribution in [0.4, 0.5) is 0 Å². The molecule has 2 aromatic carbocycles. The van der Waals surface area contributed by atoms with Gasteiger partial charge in [0.25, 0.3) is 5.91 Å². The zero-order chi connectivity index (χ0) is 16.5. The number of hydrogen-bond donors (Lipinski definition) is 2. The summed E-state index contributed by atoms with van der Waals surface area (Å²) in [4.78, 5) is 11.8. The molecule has 0 fully saturated rings. The predicted octanol–water partition coefficient (Wildman–Crippen LogP) is 3.25. The second-order valence-electron chi connectivity index (χ2n) is 5.28. The zero-order valence-electron chi connectivity index (χ0n) is 13.4. The average molecular weight is 313 g/mol. The van der Waals surface area contributed by atoms with Crippen LogP contribution in [-0.4, -0.2) is 30.8 Å². The summed E-state index contributed by atoms with van der Waals surface area (Å²) in [6.07, 6.45) is 2.18. The van der Waals surface area contributed by atoms with Crippen molar-refractivity contribution in [3.05, 3.63) is 54.1 Å². The molecule has 0 atom stereocenters. The van der Waals surface area contributed by atoms with Gasteiger partial charge in [0, 0.05) is 12.1 Å². The lowest BCUT2D eigenvalue weighted by Crippen LogP contribution is -2.26. The van der Waals surface area contributed by atoms with Crippen molar-refractivity contribution in [3.8, 4) is 16.9 Å². The molecule has 2 N–H and O–H groups in total. The average Bonchev–Trinajstić information content (AvgIpc) is 2.61. The molecule has 0 bridgehead atoms. The first kappa shape index (κ1) is 17.0. The highest BCUT2D eigenvalue weighted by Crippen LogP contribution is 2.23. The Morgan fingerprint density at radius 2 is 1.65 bits per heavy atom. The van der Waals surface area contributed by atoms with E-state index >= 15 is 0 Å². The van der Waals surface area contributed by atoms with Crippen LogP contribution in [0, 0.1) is 0 Å². The van der Waals surface area contributed by atoms with E-state index in [1.165, 1.54) is 0 Å². The third kappa shape index (κ3) is 5.11. The zero-order valence-corrected chi connectivity index (χ0v) is 13.4. The van der Waals surface area contributed by atoms with E-state index < -0.39 is 0 Å². The Bertz CT molecular complexity index is 606. The maximum absolute atomic E-state index is 11.8. The van der Waals surface area contributed by atoms with Gasteiger partial charge < -0.3 is 15.2 Å². The molecule has 2 aromatic rings. The highest BCUT2D eigenvalue weighted by Gasteiger charge is 2.05. The summed E-state index contributed by atoms with van der Waals surface area (Å²) in [7, 11) is 0. The molecular formula is C19H23NO3. The van der Waals surface area contributed by atoms with Crippen molar-refractivity contribution in [3.63, 3.8) is 0 Å². The molecule has 0 aliphatic carbocycles. The number of amides is 1. The van der Waals surface area contributed by atoms with Crippen molar-refractivity contribution in [1.29, 1.82) is 0 Å². The molecule has 4 nitrogen and oxygen atoms in total. The van der Waals surface area contributed by atoms with Gasteiger partial charge in [-0.15, -0.1) is 0 Å². The number of unbranched alkanes of at least 4 members (excludes halogenated alkanes) is 1. The maximum Gasteiger partial charge on any atom is 0.251 e. The number of carbonyl (C=O) groups excluding carboxylic acids is 1. The highest BCUT2D eigenvalue weighted by atomic mass is 16.5. The van der Waals surface area contributed by atoms with Crippen molar-refractivity contribution < 1.29 is 14.6 Å². The number of benzene rings is 2. The van der Waals surface area contributed by atoms with E-state index in [2.05, 4.69) is 12.2 Å². The van der Waals surface area contributed by atoms with Crippen molar-refractivity contribution in [2.45, 2.75) is 19.8 Å². The minimum absolute atomic E-state index is 0.0590. The lowest BCUT2D eigenvalue weighted by atomic mass is 10.0. The van der Waals surface area contributed by atoms with Crippen LogP contribution < -0.4 is 10.1 Å². The largest absolute Gasteiger partial charge is 0.494 e. The molecule has 23 heavy (non-hydrogen) atoms. The first-order valence-electron chi connectivity index (χ1n) is 7.97. The van der Waals surface area contributed by atoms with Gasteiger partial charge in [0.15, 0.2) is 0 Å². The van der Waals surface area contributed by atoms with Gasteiger partial charge in [-0.25, -0.2) is 0 Å². The van der Waals surface area contributed by atoms with Gasteiger partial charge in [0.05, 0.1) is 13.2 Å². The number of ether oxygens (including phenoxy) is 1. The number of rotatable bonds is 8. The molecule has 0 saturated carbocycles. The van der Waals surface area contributed by atoms with Crippen LogP contribution in [0.5, 0.6) is 5.75 Å². The Balaban J connectivity index is 2.00. The van der Waals surface area contributed by atoms with Crippen LogP contribution in [-0.2, 0) is 0 Å². The van der Waals surface area contributed by atoms with Gasteiger partial charge in [-0.3, -0.25) is 4.79 Å². The number of aliphatic hydroxyl groups excluding tert-OH is 1. The van der Waals surface area contributed by atoms with Gasteiger partial charge in [-0.2, -0.15) is 0 Å². The minimum atomic E-state index is -0.176. The summed E-state index contributed by atoms with van der Waals surface area (Å²) in [6.45, 7) is 3.09. The minimum Gasteiger partial charge on any atom is -0.494 e. The fourth-order valence-electron chi connectivity index (χ4n) is 2.16. The van der Waals surface area contributed by atoms with Crippen LogP contribution in [0.15, 0.2) is 48.5 Å². The molecule has 0 spiro atoms. The van der Waals surface area contributed by atoms with Gasteiger partial charge in [0.2, 0.25) is 0 Å². The van der Waals surface area contributed by atoms with Crippen LogP contribution in [0.3, 0.4) is 0 Å². The molecule has 0 aliphatic heterocycles. The maximum atomic E-state index is 11.8. The monoisotopic (exact) mass is 313 g/mol. The molecule has 2 rings (SSSR count). The van der Waals surface area contributed by atoms with E-state index in [1.54, 1.807) is 12.1 Å². The third-order valence-corrected chi connectivity index (χ3v) is 3.50. The van der Waals surface area contributed by atoms with Crippen molar-refractivity contribution in [1.82, 2.24) is 5.32 Å². The summed E-state index contributed by atoms with van der Waals surface area (Å²) < 4.78 is 5.65. The Morgan fingerprint density at radius 3 is 2.22 bits per heavy atom. The fourth-order valence-corrected chi connectivity index (χ4v) is 2.16. The molecular weight excluding hydrogens is 290 g/mol. The molecule has 1 amide bonds. The predicted molar refractivity (Wildman–Crippen MR) is 91.7 cm³/mol. The van der Waals surface area contributed by atoms with Crippen LogP contribution in [0.2, 0.25) is 0 Å². The highest BCUT2D eigenvalue weighted by molar-refractivity contribution is 5.94. The lowest BCUT2D eigenvalue weighted by Gasteiger charge is -2.08. The standard InChI is InChI=1S/C19H23NO3/c1-2-3-14-23-18-10-8-16(9-11-18)15-4-6-17(7-5-15)19(22)20-12-13-21/h4-11,21H,2-3,12-14H2,1H3,(H,20,22). The van der Waals surface area contributed by atoms with Gasteiger partial charge in [0.1, 0.15) is 5.75 Å². The summed E-state index contributed by atoms with van der Waals surface area (Å²) in [5.74, 6) is 0.701. The summed E-state index contributed by atoms with van der Waals surface area (Å²) in [5.41, 5.74) is 2.71. The Labute approximate surface area is 137 Å². The fraction of sp³-hybridized carbons (Fsp3) is 0.316. The Morgan fingerprint density at radius 1 is 1.04 bits per heavy atom. The van der Waals surface area contributed by atoms with Crippen LogP contribution in [0.25, 0.3) is 11.1 Å². The first-order chi connectivity index (χ1) is 11.2. The molecule has 0 saturated heterocycles. The summed E-state index contributed by atoms with van der Waals surface area (Å²) in [6, 6.07) is 15.4. The van der Waals surface area contributed by atoms with Crippen molar-refractivity contribution in [2.24, 2.45) is 0 Å². The number of aliphatic hydroxyl groups is 1. The topological polar surface area (TPSA) is 58.6 Å². The number of carbonyl (C=O) groups is 1. The normalized spacial score (nSPS) is 10.3. The van der Waals surface area contributed by atoms with Gasteiger partial charge in [-0.05, 0) is 41.8 Å². The van der Waals surface area contributed by atoms with E-state index in [-0.39, 0.29) is 19.1 Å². The number of nitrogens with one attached hydrogen (secondary N) is 1. The summed E-state index contributed by atoms with van der Waals surface area (Å²) >= 11 is 0. The van der Waals surface area contributed by atoms with Crippen LogP contribution in [0.1, 0.15) is 30.1 Å². The quantitative estimate of drug-likeness (QED) is 0.736. The summed E-state index contributed by atoms with van der Waals surface area (Å²) in [5, 5.41) is 11.4. The smallest absolute Gasteiger partial charge is 0.251 e. The molecule has 0 radical (unpaired) electrons. The van der Waals surface area contributed by atoms with E-state index in [9.17, 15) is 4.79 Å². The van der Waals surface area contributed by atoms with E-state index in [4.69, 9.17) is 9.84 Å². The van der Waals surface area contributed by atoms with E-state index in [1.807, 2.05) is 36.4 Å². The third-order valence-electron chi connectivity index (χ3n) is 3.50. The van der Waals surface area contributed by atoms with Crippen LogP contribution >= 0.6 is 0 Å². The second kappa shape index (κ2) is 8.96. The molecule has 0 aliphatic rings. The molecule has 0 unspecified atom stereocenters. The second-order valence-corrected chi connectivity index (χ2v) is 5.28. The Hall–Kier alpha value is -2.33.